The lowest BCUT2D eigenvalue weighted by Crippen LogP contribution is -2.46. The maximum Gasteiger partial charge on any atom is 0.256 e. The third-order valence-corrected chi connectivity index (χ3v) is 5.14. The molecule has 0 atom stereocenters. The summed E-state index contributed by atoms with van der Waals surface area (Å²) in [7, 11) is 0. The van der Waals surface area contributed by atoms with E-state index in [9.17, 15) is 19.2 Å². The average molecular weight is 390 g/mol. The molecule has 2 heterocycles. The van der Waals surface area contributed by atoms with E-state index < -0.39 is 11.4 Å². The van der Waals surface area contributed by atoms with Gasteiger partial charge in [0.2, 0.25) is 5.91 Å². The minimum Gasteiger partial charge on any atom is -0.340 e. The molecule has 1 saturated heterocycles. The summed E-state index contributed by atoms with van der Waals surface area (Å²) in [6.45, 7) is 3.07. The molecule has 1 aromatic heterocycles. The van der Waals surface area contributed by atoms with Crippen molar-refractivity contribution in [2.75, 3.05) is 26.2 Å². The van der Waals surface area contributed by atoms with E-state index in [1.165, 1.54) is 0 Å². The van der Waals surface area contributed by atoms with Crippen LogP contribution in [0.2, 0.25) is 0 Å². The summed E-state index contributed by atoms with van der Waals surface area (Å²) in [4.78, 5) is 29.4. The van der Waals surface area contributed by atoms with Crippen LogP contribution in [0.5, 0.6) is 0 Å². The SMILES string of the molecule is N#Cc1cc(F)cc2c(=O)[nH]c(-c3ccc(CC(=O)N4CCNCC4)cc3)cc12. The van der Waals surface area contributed by atoms with Gasteiger partial charge in [0.05, 0.1) is 23.4 Å². The summed E-state index contributed by atoms with van der Waals surface area (Å²) in [5, 5.41) is 13.0. The molecule has 0 bridgehead atoms. The number of carbonyl (C=O) groups excluding carboxylic acids is 1. The molecular formula is C22H19FN4O2. The van der Waals surface area contributed by atoms with Crippen LogP contribution in [0.3, 0.4) is 0 Å². The van der Waals surface area contributed by atoms with Crippen LogP contribution in [0.25, 0.3) is 22.0 Å². The molecule has 4 rings (SSSR count). The van der Waals surface area contributed by atoms with Gasteiger partial charge < -0.3 is 15.2 Å². The third-order valence-electron chi connectivity index (χ3n) is 5.14. The number of carbonyl (C=O) groups is 1. The number of H-pyrrole nitrogens is 1. The smallest absolute Gasteiger partial charge is 0.256 e. The molecule has 1 fully saturated rings. The van der Waals surface area contributed by atoms with Gasteiger partial charge >= 0.3 is 0 Å². The molecule has 2 N–H and O–H groups in total. The highest BCUT2D eigenvalue weighted by Crippen LogP contribution is 2.24. The number of halogens is 1. The topological polar surface area (TPSA) is 89.0 Å². The van der Waals surface area contributed by atoms with Crippen LogP contribution in [-0.4, -0.2) is 42.0 Å². The number of nitriles is 1. The number of benzene rings is 2. The van der Waals surface area contributed by atoms with E-state index >= 15 is 0 Å². The number of pyridine rings is 1. The maximum atomic E-state index is 13.6. The number of rotatable bonds is 3. The average Bonchev–Trinajstić information content (AvgIpc) is 2.74. The summed E-state index contributed by atoms with van der Waals surface area (Å²) in [5.74, 6) is -0.523. The first-order chi connectivity index (χ1) is 14.0. The molecule has 0 aliphatic carbocycles. The first-order valence-corrected chi connectivity index (χ1v) is 9.39. The van der Waals surface area contributed by atoms with E-state index in [1.54, 1.807) is 6.07 Å². The number of aromatic amines is 1. The van der Waals surface area contributed by atoms with Crippen molar-refractivity contribution in [2.45, 2.75) is 6.42 Å². The second-order valence-electron chi connectivity index (χ2n) is 7.04. The Labute approximate surface area is 166 Å². The highest BCUT2D eigenvalue weighted by Gasteiger charge is 2.16. The molecule has 146 valence electrons. The second kappa shape index (κ2) is 7.86. The molecule has 7 heteroatoms. The van der Waals surface area contributed by atoms with Gasteiger partial charge in [-0.05, 0) is 29.3 Å². The molecule has 1 aliphatic heterocycles. The van der Waals surface area contributed by atoms with Gasteiger partial charge in [-0.15, -0.1) is 0 Å². The molecule has 1 aliphatic rings. The number of hydrogen-bond donors (Lipinski definition) is 2. The standard InChI is InChI=1S/C22H19FN4O2/c23-17-10-16(13-24)18-12-20(26-22(29)19(18)11-17)15-3-1-14(2-4-15)9-21(28)27-7-5-25-6-8-27/h1-4,10-12,25H,5-9H2,(H,26,29). The van der Waals surface area contributed by atoms with Crippen LogP contribution in [0.4, 0.5) is 4.39 Å². The van der Waals surface area contributed by atoms with Crippen molar-refractivity contribution >= 4 is 16.7 Å². The van der Waals surface area contributed by atoms with Gasteiger partial charge in [0.25, 0.3) is 5.56 Å². The molecule has 29 heavy (non-hydrogen) atoms. The number of amides is 1. The van der Waals surface area contributed by atoms with Gasteiger partial charge in [-0.25, -0.2) is 4.39 Å². The Kier molecular flexibility index (Phi) is 5.10. The van der Waals surface area contributed by atoms with Gasteiger partial charge in [-0.2, -0.15) is 5.26 Å². The largest absolute Gasteiger partial charge is 0.340 e. The maximum absolute atomic E-state index is 13.6. The fraction of sp³-hybridized carbons (Fsp3) is 0.227. The monoisotopic (exact) mass is 390 g/mol. The van der Waals surface area contributed by atoms with Gasteiger partial charge in [0, 0.05) is 37.3 Å². The van der Waals surface area contributed by atoms with Gasteiger partial charge in [-0.1, -0.05) is 24.3 Å². The predicted molar refractivity (Wildman–Crippen MR) is 108 cm³/mol. The van der Waals surface area contributed by atoms with E-state index in [1.807, 2.05) is 35.2 Å². The lowest BCUT2D eigenvalue weighted by Gasteiger charge is -2.27. The van der Waals surface area contributed by atoms with Crippen molar-refractivity contribution in [2.24, 2.45) is 0 Å². The van der Waals surface area contributed by atoms with Gasteiger partial charge in [-0.3, -0.25) is 9.59 Å². The zero-order valence-corrected chi connectivity index (χ0v) is 15.7. The van der Waals surface area contributed by atoms with Crippen LogP contribution >= 0.6 is 0 Å². The number of aromatic nitrogens is 1. The Balaban J connectivity index is 1.61. The number of fused-ring (bicyclic) bond motifs is 1. The summed E-state index contributed by atoms with van der Waals surface area (Å²) < 4.78 is 13.6. The van der Waals surface area contributed by atoms with E-state index in [0.29, 0.717) is 17.5 Å². The lowest BCUT2D eigenvalue weighted by atomic mass is 10.0. The summed E-state index contributed by atoms with van der Waals surface area (Å²) >= 11 is 0. The van der Waals surface area contributed by atoms with Crippen LogP contribution < -0.4 is 10.9 Å². The van der Waals surface area contributed by atoms with Crippen molar-refractivity contribution in [3.05, 3.63) is 69.8 Å². The Morgan fingerprint density at radius 2 is 1.83 bits per heavy atom. The molecule has 6 nitrogen and oxygen atoms in total. The van der Waals surface area contributed by atoms with E-state index in [0.717, 1.165) is 49.4 Å². The number of piperazine rings is 1. The van der Waals surface area contributed by atoms with Crippen molar-refractivity contribution in [3.63, 3.8) is 0 Å². The zero-order valence-electron chi connectivity index (χ0n) is 15.7. The first-order valence-electron chi connectivity index (χ1n) is 9.39. The van der Waals surface area contributed by atoms with Crippen molar-refractivity contribution in [1.29, 1.82) is 5.26 Å². The fourth-order valence-corrected chi connectivity index (χ4v) is 3.58. The summed E-state index contributed by atoms with van der Waals surface area (Å²) in [5.41, 5.74) is 1.83. The fourth-order valence-electron chi connectivity index (χ4n) is 3.58. The highest BCUT2D eigenvalue weighted by molar-refractivity contribution is 5.90. The molecule has 0 unspecified atom stereocenters. The first kappa shape index (κ1) is 18.8. The molecule has 0 spiro atoms. The molecule has 0 saturated carbocycles. The molecule has 3 aromatic rings. The Hall–Kier alpha value is -3.50. The minimum absolute atomic E-state index is 0.0963. The Bertz CT molecular complexity index is 1170. The number of nitrogens with one attached hydrogen (secondary N) is 2. The zero-order chi connectivity index (χ0) is 20.4. The van der Waals surface area contributed by atoms with Gasteiger partial charge in [0.1, 0.15) is 5.82 Å². The van der Waals surface area contributed by atoms with E-state index in [2.05, 4.69) is 10.3 Å². The number of nitrogens with zero attached hydrogens (tertiary/aromatic N) is 2. The minimum atomic E-state index is -0.620. The second-order valence-corrected chi connectivity index (χ2v) is 7.04. The van der Waals surface area contributed by atoms with Gasteiger partial charge in [0.15, 0.2) is 0 Å². The van der Waals surface area contributed by atoms with Crippen LogP contribution in [-0.2, 0) is 11.2 Å². The Morgan fingerprint density at radius 1 is 1.10 bits per heavy atom. The molecule has 1 amide bonds. The van der Waals surface area contributed by atoms with Crippen LogP contribution in [0, 0.1) is 17.1 Å². The third kappa shape index (κ3) is 3.89. The van der Waals surface area contributed by atoms with E-state index in [4.69, 9.17) is 0 Å². The van der Waals surface area contributed by atoms with Crippen molar-refractivity contribution < 1.29 is 9.18 Å². The van der Waals surface area contributed by atoms with Crippen LogP contribution in [0.1, 0.15) is 11.1 Å². The molecule has 0 radical (unpaired) electrons. The van der Waals surface area contributed by atoms with E-state index in [-0.39, 0.29) is 16.9 Å². The summed E-state index contributed by atoms with van der Waals surface area (Å²) in [6.07, 6.45) is 0.326. The van der Waals surface area contributed by atoms with Crippen molar-refractivity contribution in [3.8, 4) is 17.3 Å². The van der Waals surface area contributed by atoms with Crippen molar-refractivity contribution in [1.82, 2.24) is 15.2 Å². The quantitative estimate of drug-likeness (QED) is 0.717. The Morgan fingerprint density at radius 3 is 2.52 bits per heavy atom. The predicted octanol–water partition coefficient (Wildman–Crippen LogP) is 2.18. The normalized spacial score (nSPS) is 14.0. The number of hydrogen-bond acceptors (Lipinski definition) is 4. The highest BCUT2D eigenvalue weighted by atomic mass is 19.1. The summed E-state index contributed by atoms with van der Waals surface area (Å²) in [6, 6.07) is 13.2. The molecular weight excluding hydrogens is 371 g/mol. The molecule has 2 aromatic carbocycles. The lowest BCUT2D eigenvalue weighted by molar-refractivity contribution is -0.131. The van der Waals surface area contributed by atoms with Crippen LogP contribution in [0.15, 0.2) is 47.3 Å².